The smallest absolute Gasteiger partial charge is 0.256 e. The highest BCUT2D eigenvalue weighted by molar-refractivity contribution is 6.10. The maximum Gasteiger partial charge on any atom is 0.256 e. The van der Waals surface area contributed by atoms with Crippen LogP contribution in [0.3, 0.4) is 0 Å². The lowest BCUT2D eigenvalue weighted by molar-refractivity contribution is 0.102. The minimum atomic E-state index is -0.239. The van der Waals surface area contributed by atoms with E-state index in [1.807, 2.05) is 56.3 Å². The summed E-state index contributed by atoms with van der Waals surface area (Å²) in [4.78, 5) is 22.2. The highest BCUT2D eigenvalue weighted by atomic mass is 16.1. The summed E-state index contributed by atoms with van der Waals surface area (Å²) in [5.74, 6) is 0.194. The number of nitrogens with zero attached hydrogens (tertiary/aromatic N) is 2. The molecule has 3 aromatic carbocycles. The topological polar surface area (TPSA) is 80.9 Å². The Kier molecular flexibility index (Phi) is 4.49. The molecule has 4 rings (SSSR count). The third-order valence-electron chi connectivity index (χ3n) is 4.77. The fourth-order valence-electron chi connectivity index (χ4n) is 3.29. The molecule has 0 saturated carbocycles. The fourth-order valence-corrected chi connectivity index (χ4v) is 3.29. The van der Waals surface area contributed by atoms with E-state index in [9.17, 15) is 4.79 Å². The summed E-state index contributed by atoms with van der Waals surface area (Å²) in [6.45, 7) is 3.94. The van der Waals surface area contributed by atoms with E-state index in [-0.39, 0.29) is 5.91 Å². The van der Waals surface area contributed by atoms with Crippen molar-refractivity contribution >= 4 is 28.2 Å². The quantitative estimate of drug-likeness (QED) is 0.511. The minimum Gasteiger partial charge on any atom is -0.398 e. The first kappa shape index (κ1) is 17.7. The van der Waals surface area contributed by atoms with Crippen molar-refractivity contribution < 1.29 is 4.79 Å². The summed E-state index contributed by atoms with van der Waals surface area (Å²) in [7, 11) is 0. The van der Waals surface area contributed by atoms with Gasteiger partial charge in [-0.3, -0.25) is 4.79 Å². The van der Waals surface area contributed by atoms with Crippen LogP contribution in [0.15, 0.2) is 66.9 Å². The molecule has 138 valence electrons. The van der Waals surface area contributed by atoms with Gasteiger partial charge >= 0.3 is 0 Å². The Morgan fingerprint density at radius 2 is 1.64 bits per heavy atom. The van der Waals surface area contributed by atoms with Crippen LogP contribution in [0.2, 0.25) is 0 Å². The number of aryl methyl sites for hydroxylation is 2. The van der Waals surface area contributed by atoms with Gasteiger partial charge in [0.2, 0.25) is 0 Å². The van der Waals surface area contributed by atoms with Gasteiger partial charge in [0.15, 0.2) is 5.82 Å². The first-order valence-corrected chi connectivity index (χ1v) is 9.03. The van der Waals surface area contributed by atoms with Gasteiger partial charge in [-0.25, -0.2) is 9.97 Å². The van der Waals surface area contributed by atoms with Crippen LogP contribution in [0.25, 0.3) is 22.3 Å². The molecule has 0 atom stereocenters. The number of rotatable bonds is 3. The summed E-state index contributed by atoms with van der Waals surface area (Å²) < 4.78 is 0. The number of aromatic nitrogens is 2. The van der Waals surface area contributed by atoms with Crippen molar-refractivity contribution in [2.45, 2.75) is 13.8 Å². The van der Waals surface area contributed by atoms with E-state index in [0.29, 0.717) is 22.6 Å². The first-order chi connectivity index (χ1) is 13.5. The molecule has 4 aromatic rings. The maximum absolute atomic E-state index is 13.1. The number of hydrogen-bond donors (Lipinski definition) is 2. The Balaban J connectivity index is 1.80. The van der Waals surface area contributed by atoms with Gasteiger partial charge in [-0.2, -0.15) is 0 Å². The van der Waals surface area contributed by atoms with Crippen molar-refractivity contribution in [3.05, 3.63) is 83.6 Å². The Labute approximate surface area is 163 Å². The number of nitrogens with two attached hydrogens (primary N) is 1. The zero-order chi connectivity index (χ0) is 19.7. The monoisotopic (exact) mass is 368 g/mol. The lowest BCUT2D eigenvalue weighted by atomic mass is 10.0. The van der Waals surface area contributed by atoms with Gasteiger partial charge in [0.25, 0.3) is 5.91 Å². The number of nitrogen functional groups attached to an aromatic ring is 1. The highest BCUT2D eigenvalue weighted by Gasteiger charge is 2.19. The number of fused-ring (bicyclic) bond motifs is 1. The lowest BCUT2D eigenvalue weighted by Gasteiger charge is -2.14. The van der Waals surface area contributed by atoms with Gasteiger partial charge in [0.05, 0.1) is 16.6 Å². The molecule has 5 nitrogen and oxygen atoms in total. The molecule has 5 heteroatoms. The molecule has 0 saturated heterocycles. The number of carbonyl (C=O) groups excluding carboxylic acids is 1. The summed E-state index contributed by atoms with van der Waals surface area (Å²) in [5.41, 5.74) is 11.3. The van der Waals surface area contributed by atoms with Crippen molar-refractivity contribution in [1.82, 2.24) is 9.97 Å². The Hall–Kier alpha value is -3.73. The second-order valence-corrected chi connectivity index (χ2v) is 6.74. The standard InChI is InChI=1S/C23H20N4O/c1-14-7-5-8-15(2)21(14)27-23(28)17-10-6-11-18(24)20(17)22-25-13-16-9-3-4-12-19(16)26-22/h3-13H,24H2,1-2H3,(H,27,28). The van der Waals surface area contributed by atoms with Gasteiger partial charge in [0.1, 0.15) is 0 Å². The average molecular weight is 368 g/mol. The fraction of sp³-hybridized carbons (Fsp3) is 0.0870. The molecule has 1 heterocycles. The SMILES string of the molecule is Cc1cccc(C)c1NC(=O)c1cccc(N)c1-c1ncc2ccccc2n1. The van der Waals surface area contributed by atoms with E-state index >= 15 is 0 Å². The maximum atomic E-state index is 13.1. The Morgan fingerprint density at radius 1 is 0.929 bits per heavy atom. The van der Waals surface area contributed by atoms with E-state index in [1.165, 1.54) is 0 Å². The van der Waals surface area contributed by atoms with E-state index in [4.69, 9.17) is 5.73 Å². The number of carbonyl (C=O) groups is 1. The van der Waals surface area contributed by atoms with Gasteiger partial charge in [-0.05, 0) is 43.2 Å². The van der Waals surface area contributed by atoms with Gasteiger partial charge in [0, 0.05) is 23.0 Å². The molecule has 28 heavy (non-hydrogen) atoms. The molecule has 0 spiro atoms. The molecule has 0 aliphatic carbocycles. The predicted octanol–water partition coefficient (Wildman–Crippen LogP) is 4.75. The summed E-state index contributed by atoms with van der Waals surface area (Å²) in [6, 6.07) is 18.9. The first-order valence-electron chi connectivity index (χ1n) is 9.03. The Morgan fingerprint density at radius 3 is 2.43 bits per heavy atom. The van der Waals surface area contributed by atoms with E-state index < -0.39 is 0 Å². The number of amides is 1. The molecule has 0 bridgehead atoms. The molecule has 0 aliphatic rings. The zero-order valence-corrected chi connectivity index (χ0v) is 15.7. The van der Waals surface area contributed by atoms with Crippen LogP contribution in [-0.4, -0.2) is 15.9 Å². The minimum absolute atomic E-state index is 0.239. The number of anilines is 2. The van der Waals surface area contributed by atoms with Gasteiger partial charge in [-0.15, -0.1) is 0 Å². The van der Waals surface area contributed by atoms with Crippen molar-refractivity contribution in [1.29, 1.82) is 0 Å². The molecular formula is C23H20N4O. The number of benzene rings is 3. The summed E-state index contributed by atoms with van der Waals surface area (Å²) in [6.07, 6.45) is 1.75. The normalized spacial score (nSPS) is 10.8. The molecule has 0 fully saturated rings. The molecule has 3 N–H and O–H groups in total. The Bertz CT molecular complexity index is 1180. The van der Waals surface area contributed by atoms with Crippen LogP contribution >= 0.6 is 0 Å². The third-order valence-corrected chi connectivity index (χ3v) is 4.77. The van der Waals surface area contributed by atoms with Crippen LogP contribution in [0.5, 0.6) is 0 Å². The van der Waals surface area contributed by atoms with Crippen molar-refractivity contribution in [3.8, 4) is 11.4 Å². The number of nitrogens with one attached hydrogen (secondary N) is 1. The average Bonchev–Trinajstić information content (AvgIpc) is 2.70. The second kappa shape index (κ2) is 7.12. The van der Waals surface area contributed by atoms with Crippen LogP contribution in [0, 0.1) is 13.8 Å². The second-order valence-electron chi connectivity index (χ2n) is 6.74. The highest BCUT2D eigenvalue weighted by Crippen LogP contribution is 2.29. The third kappa shape index (κ3) is 3.18. The summed E-state index contributed by atoms with van der Waals surface area (Å²) in [5, 5.41) is 3.95. The zero-order valence-electron chi connectivity index (χ0n) is 15.7. The van der Waals surface area contributed by atoms with Crippen LogP contribution in [0.4, 0.5) is 11.4 Å². The summed E-state index contributed by atoms with van der Waals surface area (Å²) >= 11 is 0. The number of para-hydroxylation sites is 2. The van der Waals surface area contributed by atoms with E-state index in [0.717, 1.165) is 27.7 Å². The largest absolute Gasteiger partial charge is 0.398 e. The molecule has 0 unspecified atom stereocenters. The lowest BCUT2D eigenvalue weighted by Crippen LogP contribution is -2.16. The van der Waals surface area contributed by atoms with Crippen LogP contribution in [-0.2, 0) is 0 Å². The molecule has 1 amide bonds. The van der Waals surface area contributed by atoms with Crippen molar-refractivity contribution in [2.75, 3.05) is 11.1 Å². The van der Waals surface area contributed by atoms with Gasteiger partial charge in [-0.1, -0.05) is 42.5 Å². The van der Waals surface area contributed by atoms with E-state index in [2.05, 4.69) is 15.3 Å². The van der Waals surface area contributed by atoms with Crippen molar-refractivity contribution in [3.63, 3.8) is 0 Å². The molecule has 0 aliphatic heterocycles. The van der Waals surface area contributed by atoms with Crippen molar-refractivity contribution in [2.24, 2.45) is 0 Å². The van der Waals surface area contributed by atoms with Crippen LogP contribution in [0.1, 0.15) is 21.5 Å². The molecular weight excluding hydrogens is 348 g/mol. The van der Waals surface area contributed by atoms with E-state index in [1.54, 1.807) is 24.4 Å². The number of hydrogen-bond acceptors (Lipinski definition) is 4. The van der Waals surface area contributed by atoms with Gasteiger partial charge < -0.3 is 11.1 Å². The molecule has 1 aromatic heterocycles. The molecule has 0 radical (unpaired) electrons. The predicted molar refractivity (Wildman–Crippen MR) is 113 cm³/mol. The van der Waals surface area contributed by atoms with Crippen LogP contribution < -0.4 is 11.1 Å².